The van der Waals surface area contributed by atoms with Gasteiger partial charge in [-0.15, -0.1) is 0 Å². The number of halogens is 1. The van der Waals surface area contributed by atoms with Gasteiger partial charge in [0.2, 0.25) is 0 Å². The smallest absolute Gasteiger partial charge is 0.251 e. The van der Waals surface area contributed by atoms with E-state index in [-0.39, 0.29) is 11.9 Å². The average molecular weight is 534 g/mol. The van der Waals surface area contributed by atoms with Crippen molar-refractivity contribution in [3.63, 3.8) is 0 Å². The maximum atomic E-state index is 12.8. The van der Waals surface area contributed by atoms with Crippen molar-refractivity contribution in [2.24, 2.45) is 0 Å². The number of para-hydroxylation sites is 2. The number of fused-ring (bicyclic) bond motifs is 1. The van der Waals surface area contributed by atoms with Crippen LogP contribution in [0.3, 0.4) is 0 Å². The summed E-state index contributed by atoms with van der Waals surface area (Å²) in [5.41, 5.74) is 5.02. The van der Waals surface area contributed by atoms with Crippen LogP contribution in [0.15, 0.2) is 71.2 Å². The van der Waals surface area contributed by atoms with E-state index in [1.165, 1.54) is 11.1 Å². The second kappa shape index (κ2) is 11.1. The first-order valence-electron chi connectivity index (χ1n) is 12.1. The van der Waals surface area contributed by atoms with E-state index in [4.69, 9.17) is 9.72 Å². The van der Waals surface area contributed by atoms with Gasteiger partial charge in [-0.3, -0.25) is 4.79 Å². The molecule has 0 spiro atoms. The zero-order valence-electron chi connectivity index (χ0n) is 20.7. The van der Waals surface area contributed by atoms with Crippen molar-refractivity contribution in [1.29, 1.82) is 0 Å². The number of hydrogen-bond donors (Lipinski definition) is 1. The molecule has 1 unspecified atom stereocenters. The molecule has 0 fully saturated rings. The number of rotatable bonds is 9. The Morgan fingerprint density at radius 3 is 2.63 bits per heavy atom. The lowest BCUT2D eigenvalue weighted by Gasteiger charge is -2.18. The van der Waals surface area contributed by atoms with Crippen LogP contribution < -0.4 is 10.1 Å². The molecular weight excluding hydrogens is 502 g/mol. The monoisotopic (exact) mass is 533 g/mol. The summed E-state index contributed by atoms with van der Waals surface area (Å²) in [6.07, 6.45) is 0.825. The topological polar surface area (TPSA) is 56.1 Å². The molecular formula is C29H32BrN3O2. The first-order chi connectivity index (χ1) is 16.8. The molecule has 35 heavy (non-hydrogen) atoms. The van der Waals surface area contributed by atoms with Gasteiger partial charge in [0.15, 0.2) is 0 Å². The van der Waals surface area contributed by atoms with Crippen LogP contribution in [0.25, 0.3) is 11.0 Å². The summed E-state index contributed by atoms with van der Waals surface area (Å²) in [6.45, 7) is 9.79. The molecule has 0 bridgehead atoms. The van der Waals surface area contributed by atoms with E-state index in [0.717, 1.165) is 40.0 Å². The Bertz CT molecular complexity index is 1330. The zero-order chi connectivity index (χ0) is 24.9. The number of nitrogens with one attached hydrogen (secondary N) is 1. The lowest BCUT2D eigenvalue weighted by atomic mass is 10.0. The quantitative estimate of drug-likeness (QED) is 0.231. The van der Waals surface area contributed by atoms with Gasteiger partial charge in [0.25, 0.3) is 5.91 Å². The number of carbonyl (C=O) groups excluding carboxylic acids is 1. The van der Waals surface area contributed by atoms with E-state index in [9.17, 15) is 4.79 Å². The fourth-order valence-corrected chi connectivity index (χ4v) is 4.68. The van der Waals surface area contributed by atoms with Crippen molar-refractivity contribution < 1.29 is 9.53 Å². The number of aryl methyl sites for hydroxylation is 2. The van der Waals surface area contributed by atoms with Gasteiger partial charge in [-0.2, -0.15) is 0 Å². The van der Waals surface area contributed by atoms with Crippen molar-refractivity contribution in [3.05, 3.63) is 93.7 Å². The lowest BCUT2D eigenvalue weighted by Crippen LogP contribution is -2.29. The number of ether oxygens (including phenoxy) is 1. The molecule has 0 saturated carbocycles. The number of carbonyl (C=O) groups is 1. The van der Waals surface area contributed by atoms with Crippen LogP contribution in [0.4, 0.5) is 0 Å². The summed E-state index contributed by atoms with van der Waals surface area (Å²) in [6, 6.07) is 21.6. The molecule has 6 heteroatoms. The third kappa shape index (κ3) is 5.93. The normalized spacial score (nSPS) is 12.2. The van der Waals surface area contributed by atoms with Crippen LogP contribution in [0.1, 0.15) is 66.5 Å². The Morgan fingerprint density at radius 2 is 1.86 bits per heavy atom. The van der Waals surface area contributed by atoms with Crippen molar-refractivity contribution >= 4 is 32.9 Å². The molecule has 0 aliphatic carbocycles. The fraction of sp³-hybridized carbons (Fsp3) is 0.310. The summed E-state index contributed by atoms with van der Waals surface area (Å²) >= 11 is 3.44. The van der Waals surface area contributed by atoms with E-state index >= 15 is 0 Å². The third-order valence-corrected chi connectivity index (χ3v) is 6.57. The molecule has 1 N–H and O–H groups in total. The van der Waals surface area contributed by atoms with Gasteiger partial charge in [-0.05, 0) is 73.7 Å². The number of nitrogens with zero attached hydrogens (tertiary/aromatic N) is 2. The largest absolute Gasteiger partial charge is 0.493 e. The minimum atomic E-state index is -0.251. The predicted octanol–water partition coefficient (Wildman–Crippen LogP) is 7.19. The number of imidazole rings is 1. The van der Waals surface area contributed by atoms with Crippen LogP contribution in [0.2, 0.25) is 0 Å². The Balaban J connectivity index is 1.49. The minimum Gasteiger partial charge on any atom is -0.493 e. The average Bonchev–Trinajstić information content (AvgIpc) is 3.20. The number of amides is 1. The lowest BCUT2D eigenvalue weighted by molar-refractivity contribution is 0.0937. The molecule has 182 valence electrons. The SMILES string of the molecule is Cc1ccc(C(C)C)c(OCCCn2c(C(C)NC(=O)c3cccc(Br)c3)nc3ccccc32)c1. The first kappa shape index (κ1) is 25.0. The van der Waals surface area contributed by atoms with Gasteiger partial charge in [0.1, 0.15) is 11.6 Å². The number of hydrogen-bond acceptors (Lipinski definition) is 3. The molecule has 0 saturated heterocycles. The predicted molar refractivity (Wildman–Crippen MR) is 145 cm³/mol. The molecule has 4 rings (SSSR count). The van der Waals surface area contributed by atoms with E-state index < -0.39 is 0 Å². The van der Waals surface area contributed by atoms with Crippen molar-refractivity contribution in [2.45, 2.75) is 52.6 Å². The summed E-state index contributed by atoms with van der Waals surface area (Å²) in [5, 5.41) is 3.11. The molecule has 1 aromatic heterocycles. The Kier molecular flexibility index (Phi) is 7.91. The summed E-state index contributed by atoms with van der Waals surface area (Å²) in [5.74, 6) is 2.09. The van der Waals surface area contributed by atoms with Crippen LogP contribution in [-0.2, 0) is 6.54 Å². The zero-order valence-corrected chi connectivity index (χ0v) is 22.3. The Hall–Kier alpha value is -3.12. The number of aromatic nitrogens is 2. The van der Waals surface area contributed by atoms with Gasteiger partial charge >= 0.3 is 0 Å². The highest BCUT2D eigenvalue weighted by Gasteiger charge is 2.19. The Morgan fingerprint density at radius 1 is 1.06 bits per heavy atom. The van der Waals surface area contributed by atoms with Crippen LogP contribution >= 0.6 is 15.9 Å². The molecule has 3 aromatic carbocycles. The summed E-state index contributed by atoms with van der Waals surface area (Å²) in [4.78, 5) is 17.7. The standard InChI is InChI=1S/C29H32BrN3O2/c1-19(2)24-14-13-20(3)17-27(24)35-16-8-15-33-26-12-6-5-11-25(26)32-28(33)21(4)31-29(34)22-9-7-10-23(30)18-22/h5-7,9-14,17-19,21H,8,15-16H2,1-4H3,(H,31,34). The van der Waals surface area contributed by atoms with E-state index in [1.807, 2.05) is 49.4 Å². The molecule has 1 atom stereocenters. The third-order valence-electron chi connectivity index (χ3n) is 6.08. The maximum Gasteiger partial charge on any atom is 0.251 e. The van der Waals surface area contributed by atoms with Gasteiger partial charge in [-0.25, -0.2) is 4.98 Å². The highest BCUT2D eigenvalue weighted by molar-refractivity contribution is 9.10. The second-order valence-corrected chi connectivity index (χ2v) is 10.1. The second-order valence-electron chi connectivity index (χ2n) is 9.21. The van der Waals surface area contributed by atoms with Crippen LogP contribution in [0.5, 0.6) is 5.75 Å². The van der Waals surface area contributed by atoms with Crippen molar-refractivity contribution in [2.75, 3.05) is 6.61 Å². The Labute approximate surface area is 215 Å². The van der Waals surface area contributed by atoms with Crippen LogP contribution in [0, 0.1) is 6.92 Å². The molecule has 1 heterocycles. The molecule has 4 aromatic rings. The first-order valence-corrected chi connectivity index (χ1v) is 12.9. The van der Waals surface area contributed by atoms with Gasteiger partial charge in [0, 0.05) is 16.6 Å². The summed E-state index contributed by atoms with van der Waals surface area (Å²) < 4.78 is 9.29. The van der Waals surface area contributed by atoms with Crippen molar-refractivity contribution in [1.82, 2.24) is 14.9 Å². The van der Waals surface area contributed by atoms with Gasteiger partial charge in [0.05, 0.1) is 23.7 Å². The minimum absolute atomic E-state index is 0.124. The van der Waals surface area contributed by atoms with Gasteiger partial charge < -0.3 is 14.6 Å². The molecule has 0 aliphatic heterocycles. The van der Waals surface area contributed by atoms with E-state index in [0.29, 0.717) is 18.1 Å². The molecule has 1 amide bonds. The van der Waals surface area contributed by atoms with Gasteiger partial charge in [-0.1, -0.05) is 60.1 Å². The number of benzene rings is 3. The van der Waals surface area contributed by atoms with E-state index in [1.54, 1.807) is 0 Å². The molecule has 0 aliphatic rings. The highest BCUT2D eigenvalue weighted by Crippen LogP contribution is 2.28. The van der Waals surface area contributed by atoms with Crippen LogP contribution in [-0.4, -0.2) is 22.1 Å². The fourth-order valence-electron chi connectivity index (χ4n) is 4.28. The highest BCUT2D eigenvalue weighted by atomic mass is 79.9. The maximum absolute atomic E-state index is 12.8. The molecule has 0 radical (unpaired) electrons. The molecule has 5 nitrogen and oxygen atoms in total. The van der Waals surface area contributed by atoms with Crippen molar-refractivity contribution in [3.8, 4) is 5.75 Å². The van der Waals surface area contributed by atoms with E-state index in [2.05, 4.69) is 70.9 Å². The summed E-state index contributed by atoms with van der Waals surface area (Å²) in [7, 11) is 0.